The molecule has 1 amide bonds. The first-order chi connectivity index (χ1) is 10.3. The van der Waals surface area contributed by atoms with E-state index in [2.05, 4.69) is 10.0 Å². The largest absolute Gasteiger partial charge is 0.379 e. The summed E-state index contributed by atoms with van der Waals surface area (Å²) in [5, 5.41) is 4.80. The van der Waals surface area contributed by atoms with Gasteiger partial charge in [-0.25, -0.2) is 15.0 Å². The Kier molecular flexibility index (Phi) is 3.10. The van der Waals surface area contributed by atoms with Crippen molar-refractivity contribution >= 4 is 29.2 Å². The van der Waals surface area contributed by atoms with Gasteiger partial charge in [-0.2, -0.15) is 0 Å². The van der Waals surface area contributed by atoms with Crippen LogP contribution in [-0.2, 0) is 4.74 Å². The fourth-order valence-corrected chi connectivity index (χ4v) is 3.13. The average Bonchev–Trinajstić information content (AvgIpc) is 2.99. The fraction of sp³-hybridized carbons (Fsp3) is 0.429. The molecule has 1 aromatic carbocycles. The molecule has 0 atom stereocenters. The third kappa shape index (κ3) is 2.02. The molecule has 7 heteroatoms. The predicted molar refractivity (Wildman–Crippen MR) is 79.7 cm³/mol. The van der Waals surface area contributed by atoms with Gasteiger partial charge in [-0.1, -0.05) is 11.6 Å². The zero-order valence-electron chi connectivity index (χ0n) is 11.5. The third-order valence-electron chi connectivity index (χ3n) is 3.94. The van der Waals surface area contributed by atoms with Crippen LogP contribution in [0, 0.1) is 0 Å². The topological polar surface area (TPSA) is 48.4 Å². The molecule has 0 aromatic heterocycles. The second-order valence-corrected chi connectivity index (χ2v) is 5.61. The smallest absolute Gasteiger partial charge is 0.262 e. The number of nitrogens with zero attached hydrogens (tertiary/aromatic N) is 4. The van der Waals surface area contributed by atoms with Crippen LogP contribution < -0.4 is 5.01 Å². The number of carbonyl (C=O) groups excluding carboxylic acids is 1. The average molecular weight is 307 g/mol. The Balaban J connectivity index is 1.83. The molecule has 1 aromatic rings. The van der Waals surface area contributed by atoms with Gasteiger partial charge in [0.2, 0.25) is 5.96 Å². The summed E-state index contributed by atoms with van der Waals surface area (Å²) < 4.78 is 5.42. The van der Waals surface area contributed by atoms with E-state index in [0.717, 1.165) is 24.7 Å². The van der Waals surface area contributed by atoms with E-state index in [4.69, 9.17) is 16.3 Å². The van der Waals surface area contributed by atoms with E-state index in [-0.39, 0.29) is 5.91 Å². The van der Waals surface area contributed by atoms with Crippen molar-refractivity contribution in [1.82, 2.24) is 9.91 Å². The Hall–Kier alpha value is -1.63. The van der Waals surface area contributed by atoms with Crippen LogP contribution in [0.15, 0.2) is 23.2 Å². The lowest BCUT2D eigenvalue weighted by atomic mass is 10.1. The Bertz CT molecular complexity index is 627. The van der Waals surface area contributed by atoms with Gasteiger partial charge in [0.15, 0.2) is 0 Å². The van der Waals surface area contributed by atoms with Crippen LogP contribution in [0.1, 0.15) is 10.4 Å². The van der Waals surface area contributed by atoms with E-state index in [1.807, 2.05) is 17.1 Å². The first kappa shape index (κ1) is 13.1. The first-order valence-electron chi connectivity index (χ1n) is 7.04. The van der Waals surface area contributed by atoms with Gasteiger partial charge in [0.05, 0.1) is 31.0 Å². The molecule has 3 aliphatic heterocycles. The summed E-state index contributed by atoms with van der Waals surface area (Å²) in [5.74, 6) is 0.699. The molecular formula is C14H15ClN4O2. The zero-order chi connectivity index (χ0) is 14.4. The summed E-state index contributed by atoms with van der Waals surface area (Å²) in [6.45, 7) is 4.19. The number of halogens is 1. The van der Waals surface area contributed by atoms with Crippen molar-refractivity contribution in [1.29, 1.82) is 0 Å². The van der Waals surface area contributed by atoms with E-state index < -0.39 is 0 Å². The molecule has 21 heavy (non-hydrogen) atoms. The van der Waals surface area contributed by atoms with Gasteiger partial charge in [-0.3, -0.25) is 9.69 Å². The monoisotopic (exact) mass is 306 g/mol. The highest BCUT2D eigenvalue weighted by Crippen LogP contribution is 2.33. The maximum atomic E-state index is 12.6. The minimum Gasteiger partial charge on any atom is -0.379 e. The van der Waals surface area contributed by atoms with Gasteiger partial charge in [-0.15, -0.1) is 0 Å². The van der Waals surface area contributed by atoms with Crippen molar-refractivity contribution in [3.8, 4) is 0 Å². The van der Waals surface area contributed by atoms with Gasteiger partial charge >= 0.3 is 0 Å². The summed E-state index contributed by atoms with van der Waals surface area (Å²) >= 11 is 6.07. The Morgan fingerprint density at radius 3 is 2.81 bits per heavy atom. The molecular weight excluding hydrogens is 292 g/mol. The van der Waals surface area contributed by atoms with Crippen molar-refractivity contribution < 1.29 is 9.53 Å². The second kappa shape index (κ2) is 4.98. The molecule has 0 aliphatic carbocycles. The van der Waals surface area contributed by atoms with Gasteiger partial charge in [-0.05, 0) is 18.2 Å². The minimum atomic E-state index is -0.0201. The first-order valence-corrected chi connectivity index (χ1v) is 7.42. The second-order valence-electron chi connectivity index (χ2n) is 5.18. The van der Waals surface area contributed by atoms with E-state index >= 15 is 0 Å². The number of hydrazine groups is 1. The maximum absolute atomic E-state index is 12.6. The SMILES string of the molecule is O=C1c2cc(Cl)ccc2N(N2CCOCC2)C2=NCCN12. The number of morpholine rings is 1. The summed E-state index contributed by atoms with van der Waals surface area (Å²) in [7, 11) is 0. The summed E-state index contributed by atoms with van der Waals surface area (Å²) in [4.78, 5) is 18.8. The number of rotatable bonds is 1. The number of hydrogen-bond acceptors (Lipinski definition) is 5. The Labute approximate surface area is 127 Å². The van der Waals surface area contributed by atoms with Crippen LogP contribution in [0.2, 0.25) is 5.02 Å². The van der Waals surface area contributed by atoms with E-state index in [9.17, 15) is 4.79 Å². The standard InChI is InChI=1S/C14H15ClN4O2/c15-10-1-2-12-11(9-10)13(20)18-4-3-16-14(18)19(12)17-5-7-21-8-6-17/h1-2,9H,3-8H2. The van der Waals surface area contributed by atoms with E-state index in [1.54, 1.807) is 11.0 Å². The number of guanidine groups is 1. The zero-order valence-corrected chi connectivity index (χ0v) is 12.2. The van der Waals surface area contributed by atoms with Crippen molar-refractivity contribution in [3.05, 3.63) is 28.8 Å². The summed E-state index contributed by atoms with van der Waals surface area (Å²) in [6, 6.07) is 5.44. The fourth-order valence-electron chi connectivity index (χ4n) is 2.96. The molecule has 3 aliphatic rings. The van der Waals surface area contributed by atoms with Crippen LogP contribution in [0.4, 0.5) is 5.69 Å². The maximum Gasteiger partial charge on any atom is 0.262 e. The number of hydrogen-bond donors (Lipinski definition) is 0. The molecule has 3 heterocycles. The highest BCUT2D eigenvalue weighted by Gasteiger charge is 2.40. The highest BCUT2D eigenvalue weighted by molar-refractivity contribution is 6.31. The van der Waals surface area contributed by atoms with Gasteiger partial charge in [0.25, 0.3) is 5.91 Å². The van der Waals surface area contributed by atoms with Gasteiger partial charge < -0.3 is 4.74 Å². The molecule has 0 unspecified atom stereocenters. The minimum absolute atomic E-state index is 0.0201. The van der Waals surface area contributed by atoms with Crippen molar-refractivity contribution in [2.75, 3.05) is 44.4 Å². The van der Waals surface area contributed by atoms with Crippen molar-refractivity contribution in [2.24, 2.45) is 4.99 Å². The summed E-state index contributed by atoms with van der Waals surface area (Å²) in [6.07, 6.45) is 0. The third-order valence-corrected chi connectivity index (χ3v) is 4.18. The van der Waals surface area contributed by atoms with Crippen LogP contribution in [0.5, 0.6) is 0 Å². The quantitative estimate of drug-likeness (QED) is 0.783. The Morgan fingerprint density at radius 2 is 2.00 bits per heavy atom. The molecule has 1 fully saturated rings. The van der Waals surface area contributed by atoms with Gasteiger partial charge in [0, 0.05) is 24.7 Å². The molecule has 110 valence electrons. The number of aliphatic imine (C=N–C) groups is 1. The number of carbonyl (C=O) groups is 1. The molecule has 0 spiro atoms. The molecule has 0 bridgehead atoms. The lowest BCUT2D eigenvalue weighted by molar-refractivity contribution is 0.0372. The number of ether oxygens (including phenoxy) is 1. The molecule has 0 radical (unpaired) electrons. The number of fused-ring (bicyclic) bond motifs is 2. The number of anilines is 1. The molecule has 1 saturated heterocycles. The normalized spacial score (nSPS) is 22.1. The molecule has 4 rings (SSSR count). The van der Waals surface area contributed by atoms with Gasteiger partial charge in [0.1, 0.15) is 0 Å². The van der Waals surface area contributed by atoms with Crippen LogP contribution in [0.3, 0.4) is 0 Å². The molecule has 6 nitrogen and oxygen atoms in total. The van der Waals surface area contributed by atoms with Crippen LogP contribution >= 0.6 is 11.6 Å². The molecule has 0 saturated carbocycles. The number of benzene rings is 1. The van der Waals surface area contributed by atoms with Crippen LogP contribution in [-0.4, -0.2) is 61.2 Å². The lowest BCUT2D eigenvalue weighted by Gasteiger charge is -2.43. The van der Waals surface area contributed by atoms with E-state index in [0.29, 0.717) is 36.9 Å². The lowest BCUT2D eigenvalue weighted by Crippen LogP contribution is -2.59. The van der Waals surface area contributed by atoms with E-state index in [1.165, 1.54) is 0 Å². The van der Waals surface area contributed by atoms with Crippen molar-refractivity contribution in [3.63, 3.8) is 0 Å². The van der Waals surface area contributed by atoms with Crippen molar-refractivity contribution in [2.45, 2.75) is 0 Å². The summed E-state index contributed by atoms with van der Waals surface area (Å²) in [5.41, 5.74) is 1.48. The Morgan fingerprint density at radius 1 is 1.19 bits per heavy atom. The molecule has 0 N–H and O–H groups in total. The number of amides is 1. The predicted octanol–water partition coefficient (Wildman–Crippen LogP) is 1.22. The van der Waals surface area contributed by atoms with Crippen LogP contribution in [0.25, 0.3) is 0 Å². The highest BCUT2D eigenvalue weighted by atomic mass is 35.5.